The monoisotopic (exact) mass is 272 g/mol. The van der Waals surface area contributed by atoms with Gasteiger partial charge in [0, 0.05) is 17.3 Å². The molecule has 0 saturated heterocycles. The zero-order valence-corrected chi connectivity index (χ0v) is 10.4. The maximum absolute atomic E-state index is 11.4. The van der Waals surface area contributed by atoms with Crippen LogP contribution in [0.3, 0.4) is 0 Å². The van der Waals surface area contributed by atoms with E-state index in [0.717, 1.165) is 6.07 Å². The fourth-order valence-corrected chi connectivity index (χ4v) is 1.43. The summed E-state index contributed by atoms with van der Waals surface area (Å²) in [6, 6.07) is 12.7. The molecule has 0 atom stereocenters. The first-order chi connectivity index (χ1) is 9.65. The van der Waals surface area contributed by atoms with Gasteiger partial charge < -0.3 is 10.2 Å². The van der Waals surface area contributed by atoms with Crippen LogP contribution in [0.25, 0.3) is 0 Å². The first-order valence-electron chi connectivity index (χ1n) is 5.73. The van der Waals surface area contributed by atoms with Crippen molar-refractivity contribution >= 4 is 18.0 Å². The lowest BCUT2D eigenvalue weighted by atomic mass is 10.2. The second kappa shape index (κ2) is 6.24. The number of para-hydroxylation sites is 1. The molecule has 2 aromatic rings. The lowest BCUT2D eigenvalue weighted by Gasteiger charge is -2.02. The van der Waals surface area contributed by atoms with E-state index in [2.05, 4.69) is 15.3 Å². The number of phenols is 2. The fraction of sp³-hybridized carbons (Fsp3) is 0. The largest absolute Gasteiger partial charge is 0.508 e. The smallest absolute Gasteiger partial charge is 0.437 e. The molecule has 3 N–H and O–H groups in total. The van der Waals surface area contributed by atoms with E-state index in [9.17, 15) is 9.90 Å². The van der Waals surface area contributed by atoms with E-state index in [0.29, 0.717) is 11.3 Å². The molecule has 0 aliphatic rings. The Bertz CT molecular complexity index is 626. The van der Waals surface area contributed by atoms with Crippen molar-refractivity contribution in [2.24, 2.45) is 5.16 Å². The number of anilines is 1. The van der Waals surface area contributed by atoms with E-state index in [4.69, 9.17) is 5.11 Å². The second-order valence-electron chi connectivity index (χ2n) is 3.85. The molecule has 20 heavy (non-hydrogen) atoms. The lowest BCUT2D eigenvalue weighted by Crippen LogP contribution is -2.10. The molecular weight excluding hydrogens is 260 g/mol. The average Bonchev–Trinajstić information content (AvgIpc) is 2.42. The van der Waals surface area contributed by atoms with E-state index >= 15 is 0 Å². The van der Waals surface area contributed by atoms with Crippen LogP contribution in [-0.4, -0.2) is 22.5 Å². The Balaban J connectivity index is 1.91. The zero-order valence-electron chi connectivity index (χ0n) is 10.4. The van der Waals surface area contributed by atoms with Crippen LogP contribution in [0.4, 0.5) is 10.5 Å². The molecule has 6 heteroatoms. The number of hydrogen-bond acceptors (Lipinski definition) is 5. The quantitative estimate of drug-likeness (QED) is 0.455. The summed E-state index contributed by atoms with van der Waals surface area (Å²) in [5.41, 5.74) is 0.899. The predicted molar refractivity (Wildman–Crippen MR) is 73.9 cm³/mol. The van der Waals surface area contributed by atoms with Gasteiger partial charge in [-0.2, -0.15) is 0 Å². The van der Waals surface area contributed by atoms with Gasteiger partial charge in [-0.15, -0.1) is 0 Å². The van der Waals surface area contributed by atoms with Crippen molar-refractivity contribution in [2.45, 2.75) is 0 Å². The Morgan fingerprint density at radius 1 is 1.15 bits per heavy atom. The summed E-state index contributed by atoms with van der Waals surface area (Å²) >= 11 is 0. The van der Waals surface area contributed by atoms with Gasteiger partial charge in [-0.3, -0.25) is 10.2 Å². The van der Waals surface area contributed by atoms with Gasteiger partial charge >= 0.3 is 6.09 Å². The molecular formula is C14H12N2O4. The van der Waals surface area contributed by atoms with Crippen molar-refractivity contribution in [3.8, 4) is 11.5 Å². The Morgan fingerprint density at radius 3 is 2.60 bits per heavy atom. The Hall–Kier alpha value is -3.02. The summed E-state index contributed by atoms with van der Waals surface area (Å²) < 4.78 is 0. The highest BCUT2D eigenvalue weighted by Crippen LogP contribution is 2.20. The van der Waals surface area contributed by atoms with Gasteiger partial charge in [0.15, 0.2) is 0 Å². The van der Waals surface area contributed by atoms with E-state index in [1.165, 1.54) is 18.3 Å². The van der Waals surface area contributed by atoms with Crippen molar-refractivity contribution in [3.63, 3.8) is 0 Å². The summed E-state index contributed by atoms with van der Waals surface area (Å²) in [4.78, 5) is 16.0. The number of oxime groups is 1. The zero-order chi connectivity index (χ0) is 14.4. The molecule has 0 aromatic heterocycles. The third-order valence-corrected chi connectivity index (χ3v) is 2.36. The number of phenolic OH excluding ortho intramolecular Hbond substituents is 2. The van der Waals surface area contributed by atoms with Crippen molar-refractivity contribution in [2.75, 3.05) is 5.32 Å². The molecule has 2 rings (SSSR count). The summed E-state index contributed by atoms with van der Waals surface area (Å²) in [6.07, 6.45) is 0.421. The summed E-state index contributed by atoms with van der Waals surface area (Å²) in [6.45, 7) is 0. The van der Waals surface area contributed by atoms with Gasteiger partial charge in [0.2, 0.25) is 0 Å². The number of nitrogens with one attached hydrogen (secondary N) is 1. The van der Waals surface area contributed by atoms with Crippen LogP contribution in [-0.2, 0) is 4.84 Å². The summed E-state index contributed by atoms with van der Waals surface area (Å²) in [7, 11) is 0. The number of carbonyl (C=O) groups is 1. The maximum atomic E-state index is 11.4. The molecule has 0 unspecified atom stereocenters. The van der Waals surface area contributed by atoms with Gasteiger partial charge in [-0.05, 0) is 24.3 Å². The molecule has 2 aromatic carbocycles. The average molecular weight is 272 g/mol. The minimum absolute atomic E-state index is 0.0672. The van der Waals surface area contributed by atoms with E-state index < -0.39 is 6.09 Å². The van der Waals surface area contributed by atoms with Crippen LogP contribution in [0.5, 0.6) is 11.5 Å². The van der Waals surface area contributed by atoms with Crippen molar-refractivity contribution in [3.05, 3.63) is 54.1 Å². The molecule has 102 valence electrons. The molecule has 0 aliphatic heterocycles. The second-order valence-corrected chi connectivity index (χ2v) is 3.85. The maximum Gasteiger partial charge on any atom is 0.437 e. The Morgan fingerprint density at radius 2 is 1.90 bits per heavy atom. The number of amides is 1. The first kappa shape index (κ1) is 13.4. The third-order valence-electron chi connectivity index (χ3n) is 2.36. The Labute approximate surface area is 114 Å². The fourth-order valence-electron chi connectivity index (χ4n) is 1.43. The molecule has 0 heterocycles. The predicted octanol–water partition coefficient (Wildman–Crippen LogP) is 2.68. The molecule has 1 amide bonds. The van der Waals surface area contributed by atoms with Crippen LogP contribution in [0.2, 0.25) is 0 Å². The highest BCUT2D eigenvalue weighted by atomic mass is 16.7. The minimum Gasteiger partial charge on any atom is -0.508 e. The van der Waals surface area contributed by atoms with E-state index in [1.54, 1.807) is 24.3 Å². The molecule has 0 aliphatic carbocycles. The number of nitrogens with zero attached hydrogens (tertiary/aromatic N) is 1. The van der Waals surface area contributed by atoms with Gasteiger partial charge in [0.05, 0.1) is 6.21 Å². The van der Waals surface area contributed by atoms with Crippen LogP contribution in [0.1, 0.15) is 5.56 Å². The molecule has 0 radical (unpaired) electrons. The molecule has 0 bridgehead atoms. The molecule has 0 spiro atoms. The minimum atomic E-state index is -0.745. The van der Waals surface area contributed by atoms with Crippen LogP contribution in [0, 0.1) is 0 Å². The van der Waals surface area contributed by atoms with Crippen LogP contribution >= 0.6 is 0 Å². The number of hydrogen-bond donors (Lipinski definition) is 3. The van der Waals surface area contributed by atoms with Gasteiger partial charge in [-0.1, -0.05) is 23.4 Å². The van der Waals surface area contributed by atoms with Crippen LogP contribution < -0.4 is 5.32 Å². The third kappa shape index (κ3) is 3.74. The lowest BCUT2D eigenvalue weighted by molar-refractivity contribution is 0.167. The molecule has 0 saturated carbocycles. The summed E-state index contributed by atoms with van der Waals surface area (Å²) in [5.74, 6) is -0.233. The standard InChI is InChI=1S/C14H12N2O4/c17-12-7-6-10(13(18)8-12)9-15-20-14(19)16-11-4-2-1-3-5-11/h1-9,17-18H,(H,16,19). The Kier molecular flexibility index (Phi) is 4.18. The van der Waals surface area contributed by atoms with E-state index in [-0.39, 0.29) is 11.5 Å². The number of rotatable bonds is 3. The molecule has 0 fully saturated rings. The normalized spacial score (nSPS) is 10.4. The number of aromatic hydroxyl groups is 2. The van der Waals surface area contributed by atoms with Gasteiger partial charge in [0.25, 0.3) is 0 Å². The SMILES string of the molecule is O=C(Nc1ccccc1)ON=Cc1ccc(O)cc1O. The highest BCUT2D eigenvalue weighted by molar-refractivity contribution is 5.86. The number of benzene rings is 2. The summed E-state index contributed by atoms with van der Waals surface area (Å²) in [5, 5.41) is 24.5. The molecule has 6 nitrogen and oxygen atoms in total. The topological polar surface area (TPSA) is 91.2 Å². The highest BCUT2D eigenvalue weighted by Gasteiger charge is 2.02. The first-order valence-corrected chi connectivity index (χ1v) is 5.73. The van der Waals surface area contributed by atoms with Crippen molar-refractivity contribution in [1.82, 2.24) is 0 Å². The van der Waals surface area contributed by atoms with Crippen LogP contribution in [0.15, 0.2) is 53.7 Å². The van der Waals surface area contributed by atoms with E-state index in [1.807, 2.05) is 6.07 Å². The van der Waals surface area contributed by atoms with Gasteiger partial charge in [-0.25, -0.2) is 4.79 Å². The van der Waals surface area contributed by atoms with Crippen molar-refractivity contribution < 1.29 is 19.8 Å². The number of carbonyl (C=O) groups excluding carboxylic acids is 1. The van der Waals surface area contributed by atoms with Crippen molar-refractivity contribution in [1.29, 1.82) is 0 Å². The van der Waals surface area contributed by atoms with Gasteiger partial charge in [0.1, 0.15) is 11.5 Å².